The number of nitrogens with one attached hydrogen (secondary N) is 2. The minimum Gasteiger partial charge on any atom is -0.316 e. The molecule has 2 heterocycles. The summed E-state index contributed by atoms with van der Waals surface area (Å²) in [5.41, 5.74) is 0.272. The monoisotopic (exact) mass is 262 g/mol. The molecule has 3 aromatic rings. The van der Waals surface area contributed by atoms with Crippen LogP contribution in [0, 0.1) is 10.6 Å². The Balaban J connectivity index is 2.42. The van der Waals surface area contributed by atoms with E-state index in [0.717, 1.165) is 0 Å². The Morgan fingerprint density at radius 1 is 1.28 bits per heavy atom. The maximum atomic E-state index is 13.7. The number of rotatable bonds is 1. The molecule has 0 amide bonds. The van der Waals surface area contributed by atoms with Gasteiger partial charge in [0.1, 0.15) is 22.5 Å². The van der Waals surface area contributed by atoms with Gasteiger partial charge < -0.3 is 4.98 Å². The van der Waals surface area contributed by atoms with Crippen LogP contribution in [0.4, 0.5) is 4.39 Å². The van der Waals surface area contributed by atoms with Crippen LogP contribution < -0.4 is 5.56 Å². The molecule has 2 aromatic heterocycles. The van der Waals surface area contributed by atoms with E-state index in [1.165, 1.54) is 16.9 Å². The Labute approximate surface area is 105 Å². The third-order valence-corrected chi connectivity index (χ3v) is 2.76. The van der Waals surface area contributed by atoms with Crippen LogP contribution >= 0.6 is 12.2 Å². The Kier molecular flexibility index (Phi) is 2.34. The van der Waals surface area contributed by atoms with Crippen molar-refractivity contribution < 1.29 is 4.39 Å². The Hall–Kier alpha value is -2.28. The van der Waals surface area contributed by atoms with E-state index in [0.29, 0.717) is 11.0 Å². The fourth-order valence-corrected chi connectivity index (χ4v) is 1.94. The van der Waals surface area contributed by atoms with Gasteiger partial charge in [-0.05, 0) is 24.4 Å². The molecule has 0 fully saturated rings. The molecule has 0 atom stereocenters. The predicted molar refractivity (Wildman–Crippen MR) is 66.8 cm³/mol. The fraction of sp³-hybridized carbons (Fsp3) is 0. The van der Waals surface area contributed by atoms with E-state index in [9.17, 15) is 9.18 Å². The summed E-state index contributed by atoms with van der Waals surface area (Å²) in [5, 5.41) is 4.33. The van der Waals surface area contributed by atoms with Gasteiger partial charge in [-0.15, -0.1) is 0 Å². The summed E-state index contributed by atoms with van der Waals surface area (Å²) in [4.78, 5) is 16.9. The van der Waals surface area contributed by atoms with Crippen molar-refractivity contribution >= 4 is 23.3 Å². The zero-order chi connectivity index (χ0) is 12.7. The van der Waals surface area contributed by atoms with E-state index in [4.69, 9.17) is 12.2 Å². The van der Waals surface area contributed by atoms with Gasteiger partial charge in [0.05, 0.1) is 6.20 Å². The summed E-state index contributed by atoms with van der Waals surface area (Å²) in [6, 6.07) is 6.16. The minimum atomic E-state index is -0.429. The number of halogens is 1. The van der Waals surface area contributed by atoms with Crippen LogP contribution in [-0.2, 0) is 0 Å². The lowest BCUT2D eigenvalue weighted by Crippen LogP contribution is -2.08. The third-order valence-electron chi connectivity index (χ3n) is 2.55. The highest BCUT2D eigenvalue weighted by molar-refractivity contribution is 7.71. The molecular weight excluding hydrogens is 255 g/mol. The number of benzene rings is 1. The van der Waals surface area contributed by atoms with Crippen molar-refractivity contribution in [3.8, 4) is 5.69 Å². The zero-order valence-electron chi connectivity index (χ0n) is 8.98. The van der Waals surface area contributed by atoms with Crippen LogP contribution in [0.3, 0.4) is 0 Å². The molecule has 90 valence electrons. The smallest absolute Gasteiger partial charge is 0.262 e. The fourth-order valence-electron chi connectivity index (χ4n) is 1.75. The minimum absolute atomic E-state index is 0.172. The predicted octanol–water partition coefficient (Wildman–Crippen LogP) is 1.91. The molecule has 0 unspecified atom stereocenters. The van der Waals surface area contributed by atoms with E-state index in [2.05, 4.69) is 15.1 Å². The van der Waals surface area contributed by atoms with E-state index in [1.807, 2.05) is 0 Å². The topological polar surface area (TPSA) is 66.5 Å². The van der Waals surface area contributed by atoms with Crippen molar-refractivity contribution in [2.45, 2.75) is 0 Å². The lowest BCUT2D eigenvalue weighted by atomic mass is 10.3. The first kappa shape index (κ1) is 10.8. The Bertz CT molecular complexity index is 848. The number of aromatic amines is 2. The molecule has 5 nitrogen and oxygen atoms in total. The van der Waals surface area contributed by atoms with Gasteiger partial charge in [-0.25, -0.2) is 9.07 Å². The van der Waals surface area contributed by atoms with Crippen molar-refractivity contribution in [2.24, 2.45) is 0 Å². The Morgan fingerprint density at radius 3 is 2.83 bits per heavy atom. The van der Waals surface area contributed by atoms with Gasteiger partial charge in [0.2, 0.25) is 0 Å². The van der Waals surface area contributed by atoms with Crippen molar-refractivity contribution in [3.05, 3.63) is 51.4 Å². The van der Waals surface area contributed by atoms with Crippen molar-refractivity contribution in [3.63, 3.8) is 0 Å². The number of aromatic nitrogens is 4. The van der Waals surface area contributed by atoms with Gasteiger partial charge in [0, 0.05) is 0 Å². The maximum absolute atomic E-state index is 13.7. The quantitative estimate of drug-likeness (QED) is 0.658. The molecule has 2 N–H and O–H groups in total. The van der Waals surface area contributed by atoms with Crippen LogP contribution in [0.5, 0.6) is 0 Å². The lowest BCUT2D eigenvalue weighted by molar-refractivity contribution is 0.612. The molecule has 0 aliphatic heterocycles. The first-order valence-electron chi connectivity index (χ1n) is 5.12. The molecule has 0 saturated heterocycles. The number of hydrogen-bond acceptors (Lipinski definition) is 3. The number of hydrogen-bond donors (Lipinski definition) is 2. The van der Waals surface area contributed by atoms with Crippen LogP contribution in [0.15, 0.2) is 35.3 Å². The van der Waals surface area contributed by atoms with Crippen molar-refractivity contribution in [1.82, 2.24) is 19.7 Å². The first-order valence-corrected chi connectivity index (χ1v) is 5.53. The summed E-state index contributed by atoms with van der Waals surface area (Å²) < 4.78 is 15.2. The Morgan fingerprint density at radius 2 is 2.06 bits per heavy atom. The number of para-hydroxylation sites is 1. The highest BCUT2D eigenvalue weighted by atomic mass is 32.1. The van der Waals surface area contributed by atoms with Gasteiger partial charge in [-0.3, -0.25) is 9.78 Å². The van der Waals surface area contributed by atoms with Crippen LogP contribution in [0.2, 0.25) is 0 Å². The summed E-state index contributed by atoms with van der Waals surface area (Å²) in [7, 11) is 0. The molecule has 0 aliphatic carbocycles. The molecule has 7 heteroatoms. The summed E-state index contributed by atoms with van der Waals surface area (Å²) in [5.74, 6) is -0.429. The first-order chi connectivity index (χ1) is 8.66. The van der Waals surface area contributed by atoms with Crippen LogP contribution in [0.25, 0.3) is 16.7 Å². The number of H-pyrrole nitrogens is 2. The van der Waals surface area contributed by atoms with Crippen molar-refractivity contribution in [1.29, 1.82) is 0 Å². The standard InChI is InChI=1S/C11H7FN4OS/c12-7-3-1-2-4-8(7)16-9-6(5-13-16)10(17)15-11(18)14-9/h1-5H,(H2,14,15,17,18). The molecule has 0 saturated carbocycles. The number of nitrogens with zero attached hydrogens (tertiary/aromatic N) is 2. The number of fused-ring (bicyclic) bond motifs is 1. The normalized spacial score (nSPS) is 10.9. The molecule has 3 rings (SSSR count). The SMILES string of the molecule is O=c1[nH]c(=S)[nH]c2c1cnn2-c1ccccc1F. The summed E-state index contributed by atoms with van der Waals surface area (Å²) in [6.07, 6.45) is 1.37. The summed E-state index contributed by atoms with van der Waals surface area (Å²) in [6.45, 7) is 0. The maximum Gasteiger partial charge on any atom is 0.262 e. The second-order valence-electron chi connectivity index (χ2n) is 3.68. The molecule has 1 aromatic carbocycles. The average molecular weight is 262 g/mol. The van der Waals surface area contributed by atoms with E-state index in [-0.39, 0.29) is 16.0 Å². The lowest BCUT2D eigenvalue weighted by Gasteiger charge is -2.03. The van der Waals surface area contributed by atoms with Crippen LogP contribution in [0.1, 0.15) is 0 Å². The van der Waals surface area contributed by atoms with Gasteiger partial charge in [0.15, 0.2) is 4.77 Å². The highest BCUT2D eigenvalue weighted by Gasteiger charge is 2.11. The van der Waals surface area contributed by atoms with E-state index >= 15 is 0 Å². The molecule has 18 heavy (non-hydrogen) atoms. The molecule has 0 bridgehead atoms. The average Bonchev–Trinajstić information content (AvgIpc) is 2.73. The van der Waals surface area contributed by atoms with Gasteiger partial charge in [0.25, 0.3) is 5.56 Å². The second kappa shape index (κ2) is 3.88. The second-order valence-corrected chi connectivity index (χ2v) is 4.09. The highest BCUT2D eigenvalue weighted by Crippen LogP contribution is 2.16. The van der Waals surface area contributed by atoms with Crippen molar-refractivity contribution in [2.75, 3.05) is 0 Å². The molecule has 0 spiro atoms. The van der Waals surface area contributed by atoms with Gasteiger partial charge in [-0.1, -0.05) is 12.1 Å². The molecule has 0 radical (unpaired) electrons. The molecular formula is C11H7FN4OS. The van der Waals surface area contributed by atoms with Gasteiger partial charge in [-0.2, -0.15) is 5.10 Å². The van der Waals surface area contributed by atoms with Crippen LogP contribution in [-0.4, -0.2) is 19.7 Å². The largest absolute Gasteiger partial charge is 0.316 e. The molecule has 0 aliphatic rings. The third kappa shape index (κ3) is 1.56. The van der Waals surface area contributed by atoms with E-state index < -0.39 is 5.82 Å². The summed E-state index contributed by atoms with van der Waals surface area (Å²) >= 11 is 4.89. The zero-order valence-corrected chi connectivity index (χ0v) is 9.79. The van der Waals surface area contributed by atoms with Gasteiger partial charge >= 0.3 is 0 Å². The van der Waals surface area contributed by atoms with E-state index in [1.54, 1.807) is 18.2 Å².